The first-order chi connectivity index (χ1) is 13.9. The molecular formula is C21H21ClN2O3S2. The minimum atomic E-state index is -3.75. The van der Waals surface area contributed by atoms with E-state index in [2.05, 4.69) is 5.32 Å². The molecule has 0 aliphatic carbocycles. The number of likely N-dealkylation sites (N-methyl/N-ethyl adjacent to an activating group) is 1. The second kappa shape index (κ2) is 9.54. The molecule has 0 bridgehead atoms. The zero-order chi connectivity index (χ0) is 20.9. The molecule has 3 rings (SSSR count). The molecule has 0 unspecified atom stereocenters. The van der Waals surface area contributed by atoms with Gasteiger partial charge in [0.25, 0.3) is 10.0 Å². The van der Waals surface area contributed by atoms with E-state index in [4.69, 9.17) is 11.6 Å². The van der Waals surface area contributed by atoms with Crippen LogP contribution in [0.3, 0.4) is 0 Å². The number of nitrogens with one attached hydrogen (secondary N) is 1. The highest BCUT2D eigenvalue weighted by molar-refractivity contribution is 7.91. The maximum absolute atomic E-state index is 12.6. The van der Waals surface area contributed by atoms with Gasteiger partial charge in [-0.2, -0.15) is 4.31 Å². The quantitative estimate of drug-likeness (QED) is 0.567. The van der Waals surface area contributed by atoms with Crippen LogP contribution in [-0.4, -0.2) is 38.8 Å². The maximum Gasteiger partial charge on any atom is 0.252 e. The number of amides is 1. The molecular weight excluding hydrogens is 428 g/mol. The fourth-order valence-corrected chi connectivity index (χ4v) is 5.77. The molecule has 0 aliphatic heterocycles. The monoisotopic (exact) mass is 448 g/mol. The van der Waals surface area contributed by atoms with E-state index in [1.165, 1.54) is 19.2 Å². The summed E-state index contributed by atoms with van der Waals surface area (Å²) in [6, 6.07) is 22.7. The van der Waals surface area contributed by atoms with Crippen LogP contribution in [0.15, 0.2) is 77.0 Å². The van der Waals surface area contributed by atoms with Gasteiger partial charge in [-0.25, -0.2) is 8.42 Å². The summed E-state index contributed by atoms with van der Waals surface area (Å²) in [6.45, 7) is 0.0970. The minimum absolute atomic E-state index is 0.0284. The molecule has 1 N–H and O–H groups in total. The normalized spacial score (nSPS) is 11.7. The third kappa shape index (κ3) is 5.45. The number of thiophene rings is 1. The zero-order valence-corrected chi connectivity index (χ0v) is 18.2. The fraction of sp³-hybridized carbons (Fsp3) is 0.190. The predicted molar refractivity (Wildman–Crippen MR) is 117 cm³/mol. The molecule has 1 heterocycles. The van der Waals surface area contributed by atoms with Gasteiger partial charge in [0.1, 0.15) is 4.21 Å². The van der Waals surface area contributed by atoms with Crippen molar-refractivity contribution in [1.82, 2.24) is 9.62 Å². The fourth-order valence-electron chi connectivity index (χ4n) is 2.95. The zero-order valence-electron chi connectivity index (χ0n) is 15.8. The lowest BCUT2D eigenvalue weighted by atomic mass is 9.91. The van der Waals surface area contributed by atoms with Crippen molar-refractivity contribution in [3.8, 4) is 0 Å². The Bertz CT molecular complexity index is 1010. The smallest absolute Gasteiger partial charge is 0.252 e. The van der Waals surface area contributed by atoms with Crippen LogP contribution in [0.1, 0.15) is 17.0 Å². The summed E-state index contributed by atoms with van der Waals surface area (Å²) in [6.07, 6.45) is 0. The van der Waals surface area contributed by atoms with E-state index in [0.29, 0.717) is 10.9 Å². The molecule has 1 aromatic heterocycles. The Morgan fingerprint density at radius 1 is 1.00 bits per heavy atom. The van der Waals surface area contributed by atoms with Gasteiger partial charge in [-0.3, -0.25) is 4.79 Å². The van der Waals surface area contributed by atoms with E-state index in [1.54, 1.807) is 0 Å². The number of carbonyl (C=O) groups excluding carboxylic acids is 1. The molecule has 29 heavy (non-hydrogen) atoms. The molecule has 0 radical (unpaired) electrons. The Morgan fingerprint density at radius 2 is 1.55 bits per heavy atom. The van der Waals surface area contributed by atoms with Crippen LogP contribution in [-0.2, 0) is 14.8 Å². The highest BCUT2D eigenvalue weighted by atomic mass is 35.5. The molecule has 1 amide bonds. The average Bonchev–Trinajstić information content (AvgIpc) is 3.17. The Balaban J connectivity index is 1.67. The lowest BCUT2D eigenvalue weighted by molar-refractivity contribution is -0.121. The van der Waals surface area contributed by atoms with Crippen LogP contribution in [0, 0.1) is 0 Å². The van der Waals surface area contributed by atoms with Crippen molar-refractivity contribution in [2.45, 2.75) is 10.1 Å². The van der Waals surface area contributed by atoms with Gasteiger partial charge in [-0.05, 0) is 23.3 Å². The standard InChI is InChI=1S/C21H21ClN2O3S2/c1-24(29(26,27)21-13-12-19(22)28-21)15-20(25)23-14-18(16-8-4-2-5-9-16)17-10-6-3-7-11-17/h2-13,18H,14-15H2,1H3,(H,23,25). The first-order valence-electron chi connectivity index (χ1n) is 8.96. The molecule has 2 aromatic carbocycles. The maximum atomic E-state index is 12.6. The van der Waals surface area contributed by atoms with Gasteiger partial charge < -0.3 is 5.32 Å². The number of benzene rings is 2. The summed E-state index contributed by atoms with van der Waals surface area (Å²) in [5.41, 5.74) is 2.15. The molecule has 8 heteroatoms. The SMILES string of the molecule is CN(CC(=O)NCC(c1ccccc1)c1ccccc1)S(=O)(=O)c1ccc(Cl)s1. The number of halogens is 1. The number of sulfonamides is 1. The van der Waals surface area contributed by atoms with Crippen molar-refractivity contribution in [2.75, 3.05) is 20.1 Å². The van der Waals surface area contributed by atoms with Crippen molar-refractivity contribution in [1.29, 1.82) is 0 Å². The molecule has 152 valence electrons. The van der Waals surface area contributed by atoms with Crippen LogP contribution in [0.5, 0.6) is 0 Å². The number of carbonyl (C=O) groups is 1. The van der Waals surface area contributed by atoms with Gasteiger partial charge >= 0.3 is 0 Å². The van der Waals surface area contributed by atoms with Gasteiger partial charge in [0.2, 0.25) is 5.91 Å². The molecule has 3 aromatic rings. The molecule has 0 saturated carbocycles. The van der Waals surface area contributed by atoms with Crippen molar-refractivity contribution in [2.24, 2.45) is 0 Å². The molecule has 0 atom stereocenters. The summed E-state index contributed by atoms with van der Waals surface area (Å²) in [5, 5.41) is 2.87. The second-order valence-electron chi connectivity index (χ2n) is 6.50. The summed E-state index contributed by atoms with van der Waals surface area (Å²) in [4.78, 5) is 12.5. The van der Waals surface area contributed by atoms with Crippen molar-refractivity contribution in [3.63, 3.8) is 0 Å². The molecule has 0 fully saturated rings. The van der Waals surface area contributed by atoms with E-state index in [1.807, 2.05) is 60.7 Å². The highest BCUT2D eigenvalue weighted by Crippen LogP contribution is 2.27. The summed E-state index contributed by atoms with van der Waals surface area (Å²) in [7, 11) is -2.37. The molecule has 0 spiro atoms. The molecule has 0 aliphatic rings. The van der Waals surface area contributed by atoms with Crippen LogP contribution in [0.4, 0.5) is 0 Å². The largest absolute Gasteiger partial charge is 0.354 e. The van der Waals surface area contributed by atoms with Crippen molar-refractivity contribution >= 4 is 38.9 Å². The van der Waals surface area contributed by atoms with Gasteiger partial charge in [0, 0.05) is 19.5 Å². The molecule has 5 nitrogen and oxygen atoms in total. The van der Waals surface area contributed by atoms with Gasteiger partial charge in [-0.15, -0.1) is 11.3 Å². The number of rotatable bonds is 8. The van der Waals surface area contributed by atoms with Gasteiger partial charge in [0.05, 0.1) is 10.9 Å². The summed E-state index contributed by atoms with van der Waals surface area (Å²) >= 11 is 6.80. The lowest BCUT2D eigenvalue weighted by Gasteiger charge is -2.20. The van der Waals surface area contributed by atoms with Gasteiger partial charge in [-0.1, -0.05) is 72.3 Å². The highest BCUT2D eigenvalue weighted by Gasteiger charge is 2.25. The van der Waals surface area contributed by atoms with Crippen LogP contribution in [0.25, 0.3) is 0 Å². The molecule has 0 saturated heterocycles. The average molecular weight is 449 g/mol. The van der Waals surface area contributed by atoms with E-state index in [0.717, 1.165) is 26.8 Å². The summed E-state index contributed by atoms with van der Waals surface area (Å²) in [5.74, 6) is -0.394. The van der Waals surface area contributed by atoms with Crippen molar-refractivity contribution < 1.29 is 13.2 Å². The number of hydrogen-bond donors (Lipinski definition) is 1. The van der Waals surface area contributed by atoms with Crippen molar-refractivity contribution in [3.05, 3.63) is 88.3 Å². The number of hydrogen-bond acceptors (Lipinski definition) is 4. The van der Waals surface area contributed by atoms with E-state index in [-0.39, 0.29) is 22.6 Å². The Morgan fingerprint density at radius 3 is 2.03 bits per heavy atom. The van der Waals surface area contributed by atoms with Crippen LogP contribution in [0.2, 0.25) is 4.34 Å². The predicted octanol–water partition coefficient (Wildman–Crippen LogP) is 3.97. The van der Waals surface area contributed by atoms with E-state index in [9.17, 15) is 13.2 Å². The minimum Gasteiger partial charge on any atom is -0.354 e. The summed E-state index contributed by atoms with van der Waals surface area (Å²) < 4.78 is 26.7. The van der Waals surface area contributed by atoms with Crippen LogP contribution >= 0.6 is 22.9 Å². The third-order valence-corrected chi connectivity index (χ3v) is 7.99. The third-order valence-electron chi connectivity index (χ3n) is 4.49. The Kier molecular flexibility index (Phi) is 7.08. The first kappa shape index (κ1) is 21.5. The van der Waals surface area contributed by atoms with E-state index < -0.39 is 10.0 Å². The second-order valence-corrected chi connectivity index (χ2v) is 10.5. The number of nitrogens with zero attached hydrogens (tertiary/aromatic N) is 1. The lowest BCUT2D eigenvalue weighted by Crippen LogP contribution is -2.39. The van der Waals surface area contributed by atoms with Crippen LogP contribution < -0.4 is 5.32 Å². The first-order valence-corrected chi connectivity index (χ1v) is 11.6. The van der Waals surface area contributed by atoms with E-state index >= 15 is 0 Å². The Hall–Kier alpha value is -2.19. The van der Waals surface area contributed by atoms with Gasteiger partial charge in [0.15, 0.2) is 0 Å². The topological polar surface area (TPSA) is 66.5 Å². The Labute approximate surface area is 180 Å².